The van der Waals surface area contributed by atoms with Gasteiger partial charge in [-0.3, -0.25) is 9.59 Å². The number of amides is 2. The lowest BCUT2D eigenvalue weighted by Gasteiger charge is -2.56. The van der Waals surface area contributed by atoms with Crippen LogP contribution in [-0.4, -0.2) is 64.8 Å². The van der Waals surface area contributed by atoms with Gasteiger partial charge in [-0.2, -0.15) is 13.8 Å². The zero-order chi connectivity index (χ0) is 23.7. The fourth-order valence-electron chi connectivity index (χ4n) is 4.40. The molecule has 0 saturated carbocycles. The van der Waals surface area contributed by atoms with E-state index in [0.29, 0.717) is 30.7 Å². The van der Waals surface area contributed by atoms with Crippen LogP contribution in [0.5, 0.6) is 0 Å². The smallest absolute Gasteiger partial charge is 0.315 e. The van der Waals surface area contributed by atoms with Crippen molar-refractivity contribution in [2.75, 3.05) is 29.9 Å². The van der Waals surface area contributed by atoms with Crippen LogP contribution in [0.1, 0.15) is 26.7 Å². The molecule has 3 saturated heterocycles. The first kappa shape index (κ1) is 22.8. The molecule has 2 amide bonds. The highest BCUT2D eigenvalue weighted by molar-refractivity contribution is 5.97. The van der Waals surface area contributed by atoms with Crippen LogP contribution in [0, 0.1) is 5.82 Å². The number of carbonyl (C=O) groups excluding carboxylic acids is 2. The Morgan fingerprint density at radius 3 is 2.64 bits per heavy atom. The highest BCUT2D eigenvalue weighted by Crippen LogP contribution is 2.36. The number of fused-ring (bicyclic) bond motifs is 2. The molecule has 1 aromatic heterocycles. The third-order valence-corrected chi connectivity index (χ3v) is 6.02. The largest absolute Gasteiger partial charge is 0.352 e. The van der Waals surface area contributed by atoms with Crippen LogP contribution < -0.4 is 15.5 Å². The van der Waals surface area contributed by atoms with E-state index in [1.165, 1.54) is 4.90 Å². The number of hydrogen-bond donors (Lipinski definition) is 2. The number of aromatic nitrogens is 2. The standard InChI is InChI=1S/C22H25F3N6O2/c1-3-26-20(32)16-7-6-13(5-4-12(16)2)28-22-27-9-17(23)19(29-22)30-10-14-8-15(11-30)31(14)21(33)18(24)25/h5-7,9,14-15,18H,3-4,8,10-11H2,1-2H3,(H,26,32)(H,27,28,29). The Labute approximate surface area is 189 Å². The Hall–Kier alpha value is -3.37. The number of allylic oxidation sites excluding steroid dienone is 3. The molecule has 1 aliphatic carbocycles. The highest BCUT2D eigenvalue weighted by atomic mass is 19.3. The summed E-state index contributed by atoms with van der Waals surface area (Å²) in [5, 5.41) is 5.82. The summed E-state index contributed by atoms with van der Waals surface area (Å²) < 4.78 is 40.1. The second kappa shape index (κ2) is 9.24. The summed E-state index contributed by atoms with van der Waals surface area (Å²) in [6, 6.07) is -0.768. The van der Waals surface area contributed by atoms with E-state index in [4.69, 9.17) is 0 Å². The van der Waals surface area contributed by atoms with Crippen LogP contribution in [-0.2, 0) is 9.59 Å². The maximum absolute atomic E-state index is 14.5. The van der Waals surface area contributed by atoms with Crippen LogP contribution in [0.3, 0.4) is 0 Å². The Kier molecular flexibility index (Phi) is 6.39. The summed E-state index contributed by atoms with van der Waals surface area (Å²) >= 11 is 0. The fourth-order valence-corrected chi connectivity index (χ4v) is 4.40. The molecule has 1 aromatic rings. The topological polar surface area (TPSA) is 90.5 Å². The van der Waals surface area contributed by atoms with Gasteiger partial charge in [0.05, 0.1) is 18.3 Å². The van der Waals surface area contributed by atoms with Crippen molar-refractivity contribution in [3.63, 3.8) is 0 Å². The van der Waals surface area contributed by atoms with Crippen LogP contribution in [0.15, 0.2) is 41.3 Å². The van der Waals surface area contributed by atoms with Gasteiger partial charge in [0.1, 0.15) is 0 Å². The number of piperazine rings is 1. The van der Waals surface area contributed by atoms with Crippen molar-refractivity contribution in [1.29, 1.82) is 0 Å². The van der Waals surface area contributed by atoms with E-state index < -0.39 is 18.1 Å². The fraction of sp³-hybridized carbons (Fsp3) is 0.455. The molecule has 5 rings (SSSR count). The summed E-state index contributed by atoms with van der Waals surface area (Å²) in [5.74, 6) is -1.73. The molecule has 2 bridgehead atoms. The van der Waals surface area contributed by atoms with Crippen molar-refractivity contribution in [3.8, 4) is 0 Å². The van der Waals surface area contributed by atoms with Crippen molar-refractivity contribution in [2.45, 2.75) is 45.2 Å². The Morgan fingerprint density at radius 1 is 1.24 bits per heavy atom. The number of nitrogens with one attached hydrogen (secondary N) is 2. The van der Waals surface area contributed by atoms with Gasteiger partial charge in [-0.05, 0) is 38.8 Å². The van der Waals surface area contributed by atoms with E-state index >= 15 is 0 Å². The van der Waals surface area contributed by atoms with E-state index in [1.54, 1.807) is 17.1 Å². The molecule has 33 heavy (non-hydrogen) atoms. The molecule has 0 aromatic carbocycles. The number of rotatable bonds is 6. The highest BCUT2D eigenvalue weighted by Gasteiger charge is 2.49. The quantitative estimate of drug-likeness (QED) is 0.675. The monoisotopic (exact) mass is 462 g/mol. The lowest BCUT2D eigenvalue weighted by Crippen LogP contribution is -2.71. The average molecular weight is 462 g/mol. The van der Waals surface area contributed by atoms with E-state index in [0.717, 1.165) is 11.8 Å². The SMILES string of the molecule is CCNC(=O)C1=C(C)CC=C(Nc2ncc(F)c(N3CC4CC(C3)N4C(=O)C(F)F)n2)C=C1. The molecule has 0 spiro atoms. The number of likely N-dealkylation sites (N-methyl/N-ethyl adjacent to an activating group) is 1. The van der Waals surface area contributed by atoms with Crippen molar-refractivity contribution in [2.24, 2.45) is 0 Å². The molecule has 11 heteroatoms. The number of piperidine rings is 1. The summed E-state index contributed by atoms with van der Waals surface area (Å²) in [4.78, 5) is 35.0. The molecule has 0 radical (unpaired) electrons. The minimum Gasteiger partial charge on any atom is -0.352 e. The maximum atomic E-state index is 14.5. The van der Waals surface area contributed by atoms with Gasteiger partial charge in [-0.15, -0.1) is 0 Å². The Morgan fingerprint density at radius 2 is 1.97 bits per heavy atom. The average Bonchev–Trinajstić information content (AvgIpc) is 2.96. The van der Waals surface area contributed by atoms with Gasteiger partial charge in [0, 0.05) is 30.9 Å². The number of halogens is 3. The predicted molar refractivity (Wildman–Crippen MR) is 116 cm³/mol. The van der Waals surface area contributed by atoms with Crippen LogP contribution in [0.4, 0.5) is 24.9 Å². The number of anilines is 2. The minimum atomic E-state index is -3.04. The summed E-state index contributed by atoms with van der Waals surface area (Å²) in [7, 11) is 0. The van der Waals surface area contributed by atoms with Crippen molar-refractivity contribution >= 4 is 23.6 Å². The lowest BCUT2D eigenvalue weighted by molar-refractivity contribution is -0.158. The van der Waals surface area contributed by atoms with Gasteiger partial charge < -0.3 is 20.4 Å². The normalized spacial score (nSPS) is 22.1. The molecule has 4 aliphatic rings. The molecule has 2 N–H and O–H groups in total. The minimum absolute atomic E-state index is 0.0573. The number of nitrogens with zero attached hydrogens (tertiary/aromatic N) is 4. The summed E-state index contributed by atoms with van der Waals surface area (Å²) in [6.07, 6.45) is 4.50. The zero-order valence-corrected chi connectivity index (χ0v) is 18.3. The summed E-state index contributed by atoms with van der Waals surface area (Å²) in [5.41, 5.74) is 2.15. The van der Waals surface area contributed by atoms with Gasteiger partial charge in [0.25, 0.3) is 11.8 Å². The van der Waals surface area contributed by atoms with Crippen LogP contribution in [0.2, 0.25) is 0 Å². The van der Waals surface area contributed by atoms with Crippen LogP contribution >= 0.6 is 0 Å². The first-order chi connectivity index (χ1) is 15.8. The molecular weight excluding hydrogens is 437 g/mol. The van der Waals surface area contributed by atoms with E-state index in [-0.39, 0.29) is 42.8 Å². The first-order valence-electron chi connectivity index (χ1n) is 10.8. The Bertz CT molecular complexity index is 1040. The molecule has 176 valence electrons. The van der Waals surface area contributed by atoms with Gasteiger partial charge in [0.15, 0.2) is 11.6 Å². The third-order valence-electron chi connectivity index (χ3n) is 6.02. The molecular formula is C22H25F3N6O2. The van der Waals surface area contributed by atoms with Crippen molar-refractivity contribution in [3.05, 3.63) is 47.1 Å². The van der Waals surface area contributed by atoms with E-state index in [1.807, 2.05) is 19.9 Å². The number of carbonyl (C=O) groups is 2. The second-order valence-electron chi connectivity index (χ2n) is 8.24. The van der Waals surface area contributed by atoms with Crippen LogP contribution in [0.25, 0.3) is 0 Å². The summed E-state index contributed by atoms with van der Waals surface area (Å²) in [6.45, 7) is 4.71. The molecule has 8 nitrogen and oxygen atoms in total. The maximum Gasteiger partial charge on any atom is 0.315 e. The molecule has 4 heterocycles. The van der Waals surface area contributed by atoms with Crippen molar-refractivity contribution in [1.82, 2.24) is 20.2 Å². The van der Waals surface area contributed by atoms with Gasteiger partial charge >= 0.3 is 6.43 Å². The first-order valence-corrected chi connectivity index (χ1v) is 10.8. The van der Waals surface area contributed by atoms with Gasteiger partial charge in [-0.1, -0.05) is 11.6 Å². The van der Waals surface area contributed by atoms with Crippen molar-refractivity contribution < 1.29 is 22.8 Å². The number of alkyl halides is 2. The molecule has 3 fully saturated rings. The third kappa shape index (κ3) is 4.57. The van der Waals surface area contributed by atoms with Gasteiger partial charge in [0.2, 0.25) is 5.95 Å². The number of hydrogen-bond acceptors (Lipinski definition) is 6. The molecule has 3 aliphatic heterocycles. The second-order valence-corrected chi connectivity index (χ2v) is 8.24. The Balaban J connectivity index is 1.46. The van der Waals surface area contributed by atoms with E-state index in [2.05, 4.69) is 20.6 Å². The predicted octanol–water partition coefficient (Wildman–Crippen LogP) is 2.38. The van der Waals surface area contributed by atoms with Gasteiger partial charge in [-0.25, -0.2) is 9.37 Å². The zero-order valence-electron chi connectivity index (χ0n) is 18.3. The lowest BCUT2D eigenvalue weighted by atomic mass is 9.87. The molecule has 2 unspecified atom stereocenters. The van der Waals surface area contributed by atoms with E-state index in [9.17, 15) is 22.8 Å². The molecule has 2 atom stereocenters.